The molecule has 1 aliphatic rings. The van der Waals surface area contributed by atoms with E-state index in [9.17, 15) is 4.79 Å². The SMILES string of the molecule is O=C(O)c1ccc(NC2CCCc3ccccc32)cn1. The molecule has 0 bridgehead atoms. The summed E-state index contributed by atoms with van der Waals surface area (Å²) in [6.07, 6.45) is 4.96. The maximum absolute atomic E-state index is 10.8. The molecule has 0 saturated heterocycles. The molecule has 20 heavy (non-hydrogen) atoms. The van der Waals surface area contributed by atoms with Crippen LogP contribution in [0.25, 0.3) is 0 Å². The van der Waals surface area contributed by atoms with Gasteiger partial charge in [-0.2, -0.15) is 0 Å². The molecule has 1 aliphatic carbocycles. The topological polar surface area (TPSA) is 62.2 Å². The van der Waals surface area contributed by atoms with Crippen LogP contribution in [0.1, 0.15) is 40.5 Å². The molecule has 0 fully saturated rings. The highest BCUT2D eigenvalue weighted by Crippen LogP contribution is 2.32. The molecule has 0 spiro atoms. The second kappa shape index (κ2) is 5.33. The number of fused-ring (bicyclic) bond motifs is 1. The molecule has 2 aromatic rings. The van der Waals surface area contributed by atoms with Crippen molar-refractivity contribution in [2.75, 3.05) is 5.32 Å². The third kappa shape index (κ3) is 2.50. The van der Waals surface area contributed by atoms with Crippen LogP contribution in [0.2, 0.25) is 0 Å². The average Bonchev–Trinajstić information content (AvgIpc) is 2.48. The first-order chi connectivity index (χ1) is 9.74. The van der Waals surface area contributed by atoms with Crippen LogP contribution in [0.15, 0.2) is 42.6 Å². The number of nitrogens with one attached hydrogen (secondary N) is 1. The standard InChI is InChI=1S/C16H16N2O2/c19-16(20)15-9-8-12(10-17-15)18-14-7-3-5-11-4-1-2-6-13(11)14/h1-2,4,6,8-10,14,18H,3,5,7H2,(H,19,20). The Morgan fingerprint density at radius 3 is 2.85 bits per heavy atom. The minimum Gasteiger partial charge on any atom is -0.477 e. The maximum atomic E-state index is 10.8. The summed E-state index contributed by atoms with van der Waals surface area (Å²) in [6.45, 7) is 0. The van der Waals surface area contributed by atoms with Gasteiger partial charge in [0.15, 0.2) is 0 Å². The number of benzene rings is 1. The molecule has 1 aromatic heterocycles. The van der Waals surface area contributed by atoms with Crippen LogP contribution in [0.3, 0.4) is 0 Å². The number of nitrogens with zero attached hydrogens (tertiary/aromatic N) is 1. The van der Waals surface area contributed by atoms with Gasteiger partial charge in [-0.05, 0) is 42.5 Å². The summed E-state index contributed by atoms with van der Waals surface area (Å²) in [5.41, 5.74) is 3.66. The van der Waals surface area contributed by atoms with Crippen LogP contribution in [0.4, 0.5) is 5.69 Å². The second-order valence-corrected chi connectivity index (χ2v) is 5.03. The number of pyridine rings is 1. The molecule has 1 heterocycles. The van der Waals surface area contributed by atoms with Crippen molar-refractivity contribution in [1.82, 2.24) is 4.98 Å². The van der Waals surface area contributed by atoms with Gasteiger partial charge in [0, 0.05) is 0 Å². The highest BCUT2D eigenvalue weighted by Gasteiger charge is 2.19. The van der Waals surface area contributed by atoms with Gasteiger partial charge in [0.1, 0.15) is 5.69 Å². The molecule has 1 atom stereocenters. The van der Waals surface area contributed by atoms with Gasteiger partial charge in [0.2, 0.25) is 0 Å². The number of aryl methyl sites for hydroxylation is 1. The Labute approximate surface area is 117 Å². The van der Waals surface area contributed by atoms with Crippen LogP contribution >= 0.6 is 0 Å². The van der Waals surface area contributed by atoms with Crippen molar-refractivity contribution in [3.63, 3.8) is 0 Å². The predicted octanol–water partition coefficient (Wildman–Crippen LogP) is 3.27. The molecule has 0 radical (unpaired) electrons. The molecule has 102 valence electrons. The quantitative estimate of drug-likeness (QED) is 0.896. The summed E-state index contributed by atoms with van der Waals surface area (Å²) in [5.74, 6) is -1.00. The van der Waals surface area contributed by atoms with E-state index in [-0.39, 0.29) is 11.7 Å². The lowest BCUT2D eigenvalue weighted by molar-refractivity contribution is 0.0690. The summed E-state index contributed by atoms with van der Waals surface area (Å²) < 4.78 is 0. The van der Waals surface area contributed by atoms with Gasteiger partial charge < -0.3 is 10.4 Å². The number of carbonyl (C=O) groups is 1. The van der Waals surface area contributed by atoms with Crippen LogP contribution in [-0.4, -0.2) is 16.1 Å². The van der Waals surface area contributed by atoms with Crippen molar-refractivity contribution >= 4 is 11.7 Å². The lowest BCUT2D eigenvalue weighted by Crippen LogP contribution is -2.17. The summed E-state index contributed by atoms with van der Waals surface area (Å²) in [6, 6.07) is 12.0. The third-order valence-electron chi connectivity index (χ3n) is 3.69. The Hall–Kier alpha value is -2.36. The van der Waals surface area contributed by atoms with Crippen molar-refractivity contribution in [2.24, 2.45) is 0 Å². The van der Waals surface area contributed by atoms with Gasteiger partial charge in [-0.1, -0.05) is 24.3 Å². The zero-order valence-corrected chi connectivity index (χ0v) is 11.0. The van der Waals surface area contributed by atoms with E-state index in [1.165, 1.54) is 17.2 Å². The molecular formula is C16H16N2O2. The fourth-order valence-electron chi connectivity index (χ4n) is 2.71. The number of carboxylic acid groups (broad SMARTS) is 1. The van der Waals surface area contributed by atoms with Gasteiger partial charge in [-0.25, -0.2) is 9.78 Å². The van der Waals surface area contributed by atoms with Gasteiger partial charge in [-0.15, -0.1) is 0 Å². The van der Waals surface area contributed by atoms with E-state index in [0.717, 1.165) is 24.9 Å². The first kappa shape index (κ1) is 12.7. The van der Waals surface area contributed by atoms with Crippen molar-refractivity contribution < 1.29 is 9.90 Å². The fraction of sp³-hybridized carbons (Fsp3) is 0.250. The van der Waals surface area contributed by atoms with Crippen molar-refractivity contribution in [3.05, 3.63) is 59.4 Å². The Morgan fingerprint density at radius 2 is 2.10 bits per heavy atom. The van der Waals surface area contributed by atoms with Gasteiger partial charge in [0.05, 0.1) is 17.9 Å². The predicted molar refractivity (Wildman–Crippen MR) is 76.9 cm³/mol. The molecule has 0 saturated carbocycles. The smallest absolute Gasteiger partial charge is 0.354 e. The Kier molecular flexibility index (Phi) is 3.37. The average molecular weight is 268 g/mol. The van der Waals surface area contributed by atoms with E-state index in [4.69, 9.17) is 5.11 Å². The number of aromatic carboxylic acids is 1. The minimum atomic E-state index is -1.00. The highest BCUT2D eigenvalue weighted by molar-refractivity contribution is 5.85. The zero-order chi connectivity index (χ0) is 13.9. The number of carboxylic acids is 1. The Bertz CT molecular complexity index is 623. The monoisotopic (exact) mass is 268 g/mol. The minimum absolute atomic E-state index is 0.0691. The third-order valence-corrected chi connectivity index (χ3v) is 3.69. The molecule has 4 heteroatoms. The zero-order valence-electron chi connectivity index (χ0n) is 11.0. The summed E-state index contributed by atoms with van der Waals surface area (Å²) in [4.78, 5) is 14.7. The Morgan fingerprint density at radius 1 is 1.25 bits per heavy atom. The van der Waals surface area contributed by atoms with Crippen LogP contribution in [0, 0.1) is 0 Å². The second-order valence-electron chi connectivity index (χ2n) is 5.03. The van der Waals surface area contributed by atoms with E-state index in [0.29, 0.717) is 0 Å². The lowest BCUT2D eigenvalue weighted by Gasteiger charge is -2.27. The molecule has 2 N–H and O–H groups in total. The van der Waals surface area contributed by atoms with Crippen molar-refractivity contribution in [3.8, 4) is 0 Å². The van der Waals surface area contributed by atoms with E-state index in [2.05, 4.69) is 34.6 Å². The summed E-state index contributed by atoms with van der Waals surface area (Å²) in [5, 5.41) is 12.3. The van der Waals surface area contributed by atoms with Crippen LogP contribution in [0.5, 0.6) is 0 Å². The Balaban J connectivity index is 1.80. The molecule has 0 amide bonds. The van der Waals surface area contributed by atoms with E-state index < -0.39 is 5.97 Å². The summed E-state index contributed by atoms with van der Waals surface area (Å²) in [7, 11) is 0. The normalized spacial score (nSPS) is 17.3. The van der Waals surface area contributed by atoms with E-state index >= 15 is 0 Å². The molecule has 4 nitrogen and oxygen atoms in total. The van der Waals surface area contributed by atoms with Crippen molar-refractivity contribution in [2.45, 2.75) is 25.3 Å². The van der Waals surface area contributed by atoms with E-state index in [1.807, 2.05) is 0 Å². The number of rotatable bonds is 3. The van der Waals surface area contributed by atoms with E-state index in [1.54, 1.807) is 12.3 Å². The summed E-state index contributed by atoms with van der Waals surface area (Å²) >= 11 is 0. The largest absolute Gasteiger partial charge is 0.477 e. The highest BCUT2D eigenvalue weighted by atomic mass is 16.4. The van der Waals surface area contributed by atoms with Gasteiger partial charge >= 0.3 is 5.97 Å². The number of hydrogen-bond acceptors (Lipinski definition) is 3. The molecular weight excluding hydrogens is 252 g/mol. The van der Waals surface area contributed by atoms with Gasteiger partial charge in [0.25, 0.3) is 0 Å². The molecule has 0 aliphatic heterocycles. The fourth-order valence-corrected chi connectivity index (χ4v) is 2.71. The number of hydrogen-bond donors (Lipinski definition) is 2. The molecule has 1 aromatic carbocycles. The number of aromatic nitrogens is 1. The first-order valence-corrected chi connectivity index (χ1v) is 6.78. The number of anilines is 1. The van der Waals surface area contributed by atoms with Crippen LogP contribution < -0.4 is 5.32 Å². The van der Waals surface area contributed by atoms with Crippen LogP contribution in [-0.2, 0) is 6.42 Å². The molecule has 1 unspecified atom stereocenters. The molecule has 3 rings (SSSR count). The van der Waals surface area contributed by atoms with Crippen molar-refractivity contribution in [1.29, 1.82) is 0 Å². The first-order valence-electron chi connectivity index (χ1n) is 6.78. The van der Waals surface area contributed by atoms with Gasteiger partial charge in [-0.3, -0.25) is 0 Å². The maximum Gasteiger partial charge on any atom is 0.354 e. The lowest BCUT2D eigenvalue weighted by atomic mass is 9.87.